The second-order valence-corrected chi connectivity index (χ2v) is 6.09. The lowest BCUT2D eigenvalue weighted by molar-refractivity contribution is 0.372. The number of halogens is 2. The van der Waals surface area contributed by atoms with E-state index in [0.717, 1.165) is 56.8 Å². The highest BCUT2D eigenvalue weighted by Gasteiger charge is 2.23. The zero-order valence-corrected chi connectivity index (χ0v) is 16.0. The molecule has 23 heavy (non-hydrogen) atoms. The molecule has 1 aromatic rings. The predicted octanol–water partition coefficient (Wildman–Crippen LogP) is 2.94. The number of nitrogens with one attached hydrogen (secondary N) is 1. The molecule has 0 atom stereocenters. The van der Waals surface area contributed by atoms with Crippen LogP contribution in [-0.4, -0.2) is 50.1 Å². The minimum Gasteiger partial charge on any atom is -0.368 e. The highest BCUT2D eigenvalue weighted by atomic mass is 127. The van der Waals surface area contributed by atoms with Crippen molar-refractivity contribution in [3.05, 3.63) is 30.1 Å². The number of nitrogens with zero attached hydrogens (tertiary/aromatic N) is 3. The fourth-order valence-corrected chi connectivity index (χ4v) is 2.77. The Kier molecular flexibility index (Phi) is 6.92. The number of hydrogen-bond donors (Lipinski definition) is 1. The lowest BCUT2D eigenvalue weighted by Crippen LogP contribution is -2.52. The molecule has 0 spiro atoms. The first-order valence-corrected chi connectivity index (χ1v) is 8.30. The minimum atomic E-state index is -0.177. The number of aliphatic imine (C=N–C) groups is 1. The molecule has 0 aromatic heterocycles. The maximum Gasteiger partial charge on any atom is 0.194 e. The van der Waals surface area contributed by atoms with Crippen LogP contribution in [0.1, 0.15) is 19.8 Å². The number of piperazine rings is 1. The third kappa shape index (κ3) is 5.22. The van der Waals surface area contributed by atoms with Gasteiger partial charge in [0.25, 0.3) is 0 Å². The van der Waals surface area contributed by atoms with Gasteiger partial charge in [-0.25, -0.2) is 4.39 Å². The molecule has 1 N–H and O–H groups in total. The zero-order valence-electron chi connectivity index (χ0n) is 13.7. The Morgan fingerprint density at radius 3 is 2.39 bits per heavy atom. The molecule has 2 fully saturated rings. The van der Waals surface area contributed by atoms with E-state index in [0.29, 0.717) is 0 Å². The Labute approximate surface area is 155 Å². The summed E-state index contributed by atoms with van der Waals surface area (Å²) in [7, 11) is 0. The van der Waals surface area contributed by atoms with Gasteiger partial charge in [-0.1, -0.05) is 0 Å². The summed E-state index contributed by atoms with van der Waals surface area (Å²) in [6, 6.07) is 6.78. The van der Waals surface area contributed by atoms with Crippen molar-refractivity contribution < 1.29 is 4.39 Å². The molecule has 0 bridgehead atoms. The van der Waals surface area contributed by atoms with Gasteiger partial charge in [0.05, 0.1) is 0 Å². The van der Waals surface area contributed by atoms with Crippen molar-refractivity contribution >= 4 is 35.6 Å². The molecule has 1 saturated heterocycles. The van der Waals surface area contributed by atoms with Crippen LogP contribution in [0.5, 0.6) is 0 Å². The van der Waals surface area contributed by atoms with E-state index in [1.165, 1.54) is 25.0 Å². The second kappa shape index (κ2) is 8.70. The Hall–Kier alpha value is -1.05. The van der Waals surface area contributed by atoms with Gasteiger partial charge < -0.3 is 15.1 Å². The van der Waals surface area contributed by atoms with Gasteiger partial charge in [-0.2, -0.15) is 0 Å². The summed E-state index contributed by atoms with van der Waals surface area (Å²) in [4.78, 5) is 9.42. The molecular formula is C17H26FIN4. The number of guanidine groups is 1. The van der Waals surface area contributed by atoms with E-state index < -0.39 is 0 Å². The first kappa shape index (κ1) is 18.3. The Bertz CT molecular complexity index is 508. The number of hydrogen-bond acceptors (Lipinski definition) is 2. The molecule has 3 rings (SSSR count). The fraction of sp³-hybridized carbons (Fsp3) is 0.588. The van der Waals surface area contributed by atoms with E-state index in [1.54, 1.807) is 0 Å². The van der Waals surface area contributed by atoms with Crippen LogP contribution in [-0.2, 0) is 0 Å². The van der Waals surface area contributed by atoms with E-state index in [4.69, 9.17) is 4.99 Å². The molecule has 1 saturated carbocycles. The summed E-state index contributed by atoms with van der Waals surface area (Å²) >= 11 is 0. The minimum absolute atomic E-state index is 0. The van der Waals surface area contributed by atoms with Crippen LogP contribution < -0.4 is 10.2 Å². The summed E-state index contributed by atoms with van der Waals surface area (Å²) in [5, 5.41) is 3.41. The fourth-order valence-electron chi connectivity index (χ4n) is 2.77. The maximum absolute atomic E-state index is 13.0. The van der Waals surface area contributed by atoms with Gasteiger partial charge >= 0.3 is 0 Å². The van der Waals surface area contributed by atoms with E-state index in [1.807, 2.05) is 12.1 Å². The molecule has 1 aliphatic heterocycles. The van der Waals surface area contributed by atoms with Crippen LogP contribution in [0.2, 0.25) is 0 Å². The average molecular weight is 432 g/mol. The molecule has 1 heterocycles. The van der Waals surface area contributed by atoms with Gasteiger partial charge in [0, 0.05) is 45.0 Å². The molecule has 0 radical (unpaired) electrons. The van der Waals surface area contributed by atoms with E-state index in [9.17, 15) is 4.39 Å². The van der Waals surface area contributed by atoms with Crippen molar-refractivity contribution in [3.8, 4) is 0 Å². The SMILES string of the molecule is CCNC(=NCC1CC1)N1CCN(c2ccc(F)cc2)CC1.I. The van der Waals surface area contributed by atoms with Gasteiger partial charge in [0.15, 0.2) is 5.96 Å². The summed E-state index contributed by atoms with van der Waals surface area (Å²) in [6.07, 6.45) is 2.67. The molecular weight excluding hydrogens is 406 g/mol. The summed E-state index contributed by atoms with van der Waals surface area (Å²) in [5.41, 5.74) is 1.10. The van der Waals surface area contributed by atoms with Crippen molar-refractivity contribution in [2.75, 3.05) is 44.2 Å². The molecule has 1 aromatic carbocycles. The number of rotatable bonds is 4. The van der Waals surface area contributed by atoms with Crippen LogP contribution in [0.3, 0.4) is 0 Å². The lowest BCUT2D eigenvalue weighted by atomic mass is 10.2. The van der Waals surface area contributed by atoms with Crippen molar-refractivity contribution in [1.29, 1.82) is 0 Å². The molecule has 4 nitrogen and oxygen atoms in total. The van der Waals surface area contributed by atoms with E-state index >= 15 is 0 Å². The van der Waals surface area contributed by atoms with Crippen molar-refractivity contribution in [3.63, 3.8) is 0 Å². The van der Waals surface area contributed by atoms with Crippen LogP contribution in [0, 0.1) is 11.7 Å². The van der Waals surface area contributed by atoms with Crippen LogP contribution in [0.15, 0.2) is 29.3 Å². The first-order chi connectivity index (χ1) is 10.8. The molecule has 0 unspecified atom stereocenters. The van der Waals surface area contributed by atoms with Crippen molar-refractivity contribution in [2.24, 2.45) is 10.9 Å². The molecule has 1 aliphatic carbocycles. The third-order valence-corrected chi connectivity index (χ3v) is 4.30. The van der Waals surface area contributed by atoms with Gasteiger partial charge in [0.2, 0.25) is 0 Å². The Morgan fingerprint density at radius 2 is 1.83 bits per heavy atom. The normalized spacial score (nSPS) is 18.6. The Morgan fingerprint density at radius 1 is 1.17 bits per heavy atom. The summed E-state index contributed by atoms with van der Waals surface area (Å²) in [5.74, 6) is 1.69. The zero-order chi connectivity index (χ0) is 15.4. The smallest absolute Gasteiger partial charge is 0.194 e. The van der Waals surface area contributed by atoms with Gasteiger partial charge in [0.1, 0.15) is 5.82 Å². The van der Waals surface area contributed by atoms with Crippen LogP contribution >= 0.6 is 24.0 Å². The topological polar surface area (TPSA) is 30.9 Å². The summed E-state index contributed by atoms with van der Waals surface area (Å²) in [6.45, 7) is 7.77. The maximum atomic E-state index is 13.0. The van der Waals surface area contributed by atoms with E-state index in [2.05, 4.69) is 22.0 Å². The molecule has 0 amide bonds. The first-order valence-electron chi connectivity index (χ1n) is 8.30. The number of anilines is 1. The molecule has 2 aliphatic rings. The average Bonchev–Trinajstić information content (AvgIpc) is 3.37. The monoisotopic (exact) mass is 432 g/mol. The second-order valence-electron chi connectivity index (χ2n) is 6.09. The van der Waals surface area contributed by atoms with Gasteiger partial charge in [-0.3, -0.25) is 4.99 Å². The largest absolute Gasteiger partial charge is 0.368 e. The number of benzene rings is 1. The van der Waals surface area contributed by atoms with Crippen molar-refractivity contribution in [2.45, 2.75) is 19.8 Å². The third-order valence-electron chi connectivity index (χ3n) is 4.30. The Balaban J connectivity index is 0.00000192. The van der Waals surface area contributed by atoms with Gasteiger partial charge in [-0.05, 0) is 49.9 Å². The predicted molar refractivity (Wildman–Crippen MR) is 104 cm³/mol. The van der Waals surface area contributed by atoms with E-state index in [-0.39, 0.29) is 29.8 Å². The van der Waals surface area contributed by atoms with Crippen LogP contribution in [0.25, 0.3) is 0 Å². The summed E-state index contributed by atoms with van der Waals surface area (Å²) < 4.78 is 13.0. The lowest BCUT2D eigenvalue weighted by Gasteiger charge is -2.37. The molecule has 6 heteroatoms. The van der Waals surface area contributed by atoms with Crippen molar-refractivity contribution in [1.82, 2.24) is 10.2 Å². The quantitative estimate of drug-likeness (QED) is 0.451. The highest BCUT2D eigenvalue weighted by Crippen LogP contribution is 2.28. The van der Waals surface area contributed by atoms with Crippen LogP contribution in [0.4, 0.5) is 10.1 Å². The van der Waals surface area contributed by atoms with Gasteiger partial charge in [-0.15, -0.1) is 24.0 Å². The standard InChI is InChI=1S/C17H25FN4.HI/c1-2-19-17(20-13-14-3-4-14)22-11-9-21(10-12-22)16-7-5-15(18)6-8-16;/h5-8,14H,2-4,9-13H2,1H3,(H,19,20);1H. The highest BCUT2D eigenvalue weighted by molar-refractivity contribution is 14.0. The molecule has 128 valence electrons.